The molecule has 0 saturated carbocycles. The zero-order chi connectivity index (χ0) is 14.7. The molecule has 2 aromatic rings. The van der Waals surface area contributed by atoms with Crippen molar-refractivity contribution in [1.82, 2.24) is 25.1 Å². The molecule has 0 aliphatic heterocycles. The molecule has 0 unspecified atom stereocenters. The Bertz CT molecular complexity index is 623. The number of aryl methyl sites for hydroxylation is 1. The molecule has 0 spiro atoms. The fraction of sp³-hybridized carbons (Fsp3) is 0.385. The van der Waals surface area contributed by atoms with E-state index in [9.17, 15) is 4.79 Å². The summed E-state index contributed by atoms with van der Waals surface area (Å²) in [5.74, 6) is 0.548. The predicted molar refractivity (Wildman–Crippen MR) is 75.5 cm³/mol. The number of pyridine rings is 1. The molecule has 0 bridgehead atoms. The number of hydrogen-bond acceptors (Lipinski definition) is 4. The van der Waals surface area contributed by atoms with Gasteiger partial charge in [0.05, 0.1) is 6.54 Å². The molecular weight excluding hydrogens is 278 g/mol. The van der Waals surface area contributed by atoms with Gasteiger partial charge in [0.2, 0.25) is 0 Å². The highest BCUT2D eigenvalue weighted by molar-refractivity contribution is 6.29. The van der Waals surface area contributed by atoms with Gasteiger partial charge in [-0.05, 0) is 18.1 Å². The summed E-state index contributed by atoms with van der Waals surface area (Å²) in [6.45, 7) is 4.27. The summed E-state index contributed by atoms with van der Waals surface area (Å²) in [7, 11) is 1.77. The van der Waals surface area contributed by atoms with Gasteiger partial charge in [-0.3, -0.25) is 9.48 Å². The molecule has 0 aromatic carbocycles. The number of aromatic nitrogens is 4. The van der Waals surface area contributed by atoms with Crippen LogP contribution in [-0.4, -0.2) is 25.7 Å². The third-order valence-electron chi connectivity index (χ3n) is 2.72. The Labute approximate surface area is 122 Å². The molecule has 20 heavy (non-hydrogen) atoms. The zero-order valence-corrected chi connectivity index (χ0v) is 12.3. The Kier molecular flexibility index (Phi) is 4.34. The Morgan fingerprint density at radius 1 is 1.45 bits per heavy atom. The van der Waals surface area contributed by atoms with Gasteiger partial charge in [-0.2, -0.15) is 5.10 Å². The van der Waals surface area contributed by atoms with Crippen molar-refractivity contribution >= 4 is 17.5 Å². The molecule has 0 saturated heterocycles. The van der Waals surface area contributed by atoms with Crippen molar-refractivity contribution < 1.29 is 4.79 Å². The zero-order valence-electron chi connectivity index (χ0n) is 11.6. The lowest BCUT2D eigenvalue weighted by molar-refractivity contribution is 0.0949. The smallest absolute Gasteiger partial charge is 0.251 e. The minimum absolute atomic E-state index is 0.206. The highest BCUT2D eigenvalue weighted by atomic mass is 35.5. The second kappa shape index (κ2) is 6.00. The molecular formula is C13H16ClN5O. The number of amides is 1. The van der Waals surface area contributed by atoms with Gasteiger partial charge in [0.15, 0.2) is 5.82 Å². The summed E-state index contributed by atoms with van der Waals surface area (Å²) in [6, 6.07) is 3.30. The van der Waals surface area contributed by atoms with Gasteiger partial charge in [-0.15, -0.1) is 0 Å². The number of halogens is 1. The van der Waals surface area contributed by atoms with Crippen molar-refractivity contribution in [3.05, 3.63) is 40.7 Å². The number of hydrogen-bond donors (Lipinski definition) is 1. The number of nitrogens with one attached hydrogen (secondary N) is 1. The molecule has 0 aliphatic rings. The molecule has 2 rings (SSSR count). The molecule has 0 radical (unpaired) electrons. The van der Waals surface area contributed by atoms with Crippen LogP contribution in [0.2, 0.25) is 5.15 Å². The van der Waals surface area contributed by atoms with Gasteiger partial charge in [0.1, 0.15) is 11.5 Å². The van der Waals surface area contributed by atoms with Crippen LogP contribution in [0.15, 0.2) is 18.5 Å². The first-order valence-electron chi connectivity index (χ1n) is 6.26. The maximum atomic E-state index is 12.1. The molecule has 0 atom stereocenters. The number of nitrogens with zero attached hydrogens (tertiary/aromatic N) is 4. The fourth-order valence-corrected chi connectivity index (χ4v) is 1.89. The summed E-state index contributed by atoms with van der Waals surface area (Å²) in [6.07, 6.45) is 1.58. The van der Waals surface area contributed by atoms with E-state index in [4.69, 9.17) is 11.6 Å². The molecule has 1 amide bonds. The lowest BCUT2D eigenvalue weighted by Gasteiger charge is -2.08. The van der Waals surface area contributed by atoms with E-state index < -0.39 is 0 Å². The average molecular weight is 294 g/mol. The van der Waals surface area contributed by atoms with Gasteiger partial charge in [0, 0.05) is 18.3 Å². The minimum Gasteiger partial charge on any atom is -0.345 e. The van der Waals surface area contributed by atoms with Crippen LogP contribution >= 0.6 is 11.6 Å². The Morgan fingerprint density at radius 3 is 2.80 bits per heavy atom. The molecule has 106 valence electrons. The lowest BCUT2D eigenvalue weighted by Crippen LogP contribution is -2.24. The Balaban J connectivity index is 2.09. The van der Waals surface area contributed by atoms with Gasteiger partial charge in [-0.1, -0.05) is 25.4 Å². The SMILES string of the molecule is CC(C)c1cc(C(=O)NCc2ncn(C)n2)cc(Cl)n1. The van der Waals surface area contributed by atoms with E-state index in [0.717, 1.165) is 5.69 Å². The summed E-state index contributed by atoms with van der Waals surface area (Å²) in [5.41, 5.74) is 1.28. The van der Waals surface area contributed by atoms with Crippen molar-refractivity contribution in [2.24, 2.45) is 7.05 Å². The molecule has 0 fully saturated rings. The van der Waals surface area contributed by atoms with E-state index in [0.29, 0.717) is 16.5 Å². The lowest BCUT2D eigenvalue weighted by atomic mass is 10.1. The van der Waals surface area contributed by atoms with Crippen LogP contribution in [0.5, 0.6) is 0 Å². The number of rotatable bonds is 4. The van der Waals surface area contributed by atoms with Crippen molar-refractivity contribution in [2.75, 3.05) is 0 Å². The minimum atomic E-state index is -0.219. The van der Waals surface area contributed by atoms with E-state index in [-0.39, 0.29) is 18.4 Å². The quantitative estimate of drug-likeness (QED) is 0.874. The Hall–Kier alpha value is -1.95. The topological polar surface area (TPSA) is 72.7 Å². The van der Waals surface area contributed by atoms with Gasteiger partial charge < -0.3 is 5.32 Å². The van der Waals surface area contributed by atoms with Gasteiger partial charge in [-0.25, -0.2) is 9.97 Å². The van der Waals surface area contributed by atoms with Gasteiger partial charge in [0.25, 0.3) is 5.91 Å². The van der Waals surface area contributed by atoms with E-state index >= 15 is 0 Å². The largest absolute Gasteiger partial charge is 0.345 e. The third kappa shape index (κ3) is 3.54. The highest BCUT2D eigenvalue weighted by Crippen LogP contribution is 2.17. The Morgan fingerprint density at radius 2 is 2.20 bits per heavy atom. The van der Waals surface area contributed by atoms with Crippen LogP contribution in [0.1, 0.15) is 41.6 Å². The first-order chi connectivity index (χ1) is 9.45. The summed E-state index contributed by atoms with van der Waals surface area (Å²) in [5, 5.41) is 7.17. The van der Waals surface area contributed by atoms with Crippen LogP contribution in [0.3, 0.4) is 0 Å². The molecule has 2 aromatic heterocycles. The van der Waals surface area contributed by atoms with Gasteiger partial charge >= 0.3 is 0 Å². The first-order valence-corrected chi connectivity index (χ1v) is 6.63. The highest BCUT2D eigenvalue weighted by Gasteiger charge is 2.11. The maximum absolute atomic E-state index is 12.1. The van der Waals surface area contributed by atoms with Crippen LogP contribution in [-0.2, 0) is 13.6 Å². The van der Waals surface area contributed by atoms with Crippen LogP contribution in [0, 0.1) is 0 Å². The van der Waals surface area contributed by atoms with Crippen molar-refractivity contribution in [3.63, 3.8) is 0 Å². The molecule has 1 N–H and O–H groups in total. The van der Waals surface area contributed by atoms with Crippen LogP contribution < -0.4 is 5.32 Å². The van der Waals surface area contributed by atoms with Crippen LogP contribution in [0.25, 0.3) is 0 Å². The summed E-state index contributed by atoms with van der Waals surface area (Å²) >= 11 is 5.94. The molecule has 0 aliphatic carbocycles. The van der Waals surface area contributed by atoms with Crippen molar-refractivity contribution in [1.29, 1.82) is 0 Å². The molecule has 7 heteroatoms. The van der Waals surface area contributed by atoms with E-state index in [1.54, 1.807) is 30.2 Å². The van der Waals surface area contributed by atoms with Crippen molar-refractivity contribution in [3.8, 4) is 0 Å². The second-order valence-corrected chi connectivity index (χ2v) is 5.16. The second-order valence-electron chi connectivity index (χ2n) is 4.78. The average Bonchev–Trinajstić information content (AvgIpc) is 2.81. The fourth-order valence-electron chi connectivity index (χ4n) is 1.67. The summed E-state index contributed by atoms with van der Waals surface area (Å²) in [4.78, 5) is 20.3. The monoisotopic (exact) mass is 293 g/mol. The first kappa shape index (κ1) is 14.5. The molecule has 2 heterocycles. The number of carbonyl (C=O) groups is 1. The standard InChI is InChI=1S/C13H16ClN5O/c1-8(2)10-4-9(5-11(14)17-10)13(20)15-6-12-16-7-19(3)18-12/h4-5,7-8H,6H2,1-3H3,(H,15,20). The normalized spacial score (nSPS) is 10.8. The van der Waals surface area contributed by atoms with Crippen molar-refractivity contribution in [2.45, 2.75) is 26.3 Å². The summed E-state index contributed by atoms with van der Waals surface area (Å²) < 4.78 is 1.58. The third-order valence-corrected chi connectivity index (χ3v) is 2.92. The maximum Gasteiger partial charge on any atom is 0.251 e. The predicted octanol–water partition coefficient (Wildman–Crippen LogP) is 1.92. The van der Waals surface area contributed by atoms with E-state index in [2.05, 4.69) is 20.4 Å². The van der Waals surface area contributed by atoms with E-state index in [1.165, 1.54) is 0 Å². The van der Waals surface area contributed by atoms with E-state index in [1.807, 2.05) is 13.8 Å². The number of carbonyl (C=O) groups excluding carboxylic acids is 1. The molecule has 6 nitrogen and oxygen atoms in total. The van der Waals surface area contributed by atoms with Crippen LogP contribution in [0.4, 0.5) is 0 Å².